The Labute approximate surface area is 145 Å². The van der Waals surface area contributed by atoms with E-state index < -0.39 is 11.9 Å². The number of benzene rings is 2. The van der Waals surface area contributed by atoms with Gasteiger partial charge in [-0.15, -0.1) is 0 Å². The van der Waals surface area contributed by atoms with Gasteiger partial charge < -0.3 is 9.47 Å². The Balaban J connectivity index is 2.34. The first-order valence-corrected chi connectivity index (χ1v) is 7.73. The zero-order valence-electron chi connectivity index (χ0n) is 14.2. The van der Waals surface area contributed by atoms with Gasteiger partial charge in [-0.05, 0) is 24.6 Å². The van der Waals surface area contributed by atoms with Crippen LogP contribution >= 0.6 is 0 Å². The molecule has 126 valence electrons. The molecule has 0 radical (unpaired) electrons. The third kappa shape index (κ3) is 2.96. The molecule has 0 spiro atoms. The topological polar surface area (TPSA) is 65.5 Å². The first kappa shape index (κ1) is 16.6. The molecule has 0 aliphatic carbocycles. The molecular weight excluding hydrogens is 318 g/mol. The van der Waals surface area contributed by atoms with Crippen LogP contribution in [0.3, 0.4) is 0 Å². The number of carbonyl (C=O) groups is 2. The minimum absolute atomic E-state index is 0.390. The number of pyridine rings is 1. The summed E-state index contributed by atoms with van der Waals surface area (Å²) in [5.74, 6) is -0.906. The number of aryl methyl sites for hydroxylation is 1. The van der Waals surface area contributed by atoms with Gasteiger partial charge in [0, 0.05) is 10.9 Å². The highest BCUT2D eigenvalue weighted by Gasteiger charge is 2.19. The Kier molecular flexibility index (Phi) is 4.48. The average Bonchev–Trinajstić information content (AvgIpc) is 2.66. The summed E-state index contributed by atoms with van der Waals surface area (Å²) < 4.78 is 9.77. The summed E-state index contributed by atoms with van der Waals surface area (Å²) in [7, 11) is 2.67. The summed E-state index contributed by atoms with van der Waals surface area (Å²) in [5.41, 5.74) is 3.54. The van der Waals surface area contributed by atoms with E-state index in [2.05, 4.69) is 4.98 Å². The van der Waals surface area contributed by atoms with E-state index >= 15 is 0 Å². The lowest BCUT2D eigenvalue weighted by atomic mass is 9.99. The van der Waals surface area contributed by atoms with Gasteiger partial charge in [0.1, 0.15) is 0 Å². The lowest BCUT2D eigenvalue weighted by molar-refractivity contribution is 0.0594. The van der Waals surface area contributed by atoms with E-state index in [-0.39, 0.29) is 0 Å². The number of nitrogens with zero attached hydrogens (tertiary/aromatic N) is 1. The van der Waals surface area contributed by atoms with Gasteiger partial charge in [0.05, 0.1) is 36.6 Å². The molecule has 0 aliphatic heterocycles. The maximum absolute atomic E-state index is 12.3. The molecule has 0 atom stereocenters. The second-order valence-electron chi connectivity index (χ2n) is 5.55. The first-order chi connectivity index (χ1) is 12.1. The van der Waals surface area contributed by atoms with Crippen molar-refractivity contribution < 1.29 is 19.1 Å². The third-order valence-electron chi connectivity index (χ3n) is 4.05. The number of carbonyl (C=O) groups excluding carboxylic acids is 2. The van der Waals surface area contributed by atoms with Gasteiger partial charge in [-0.25, -0.2) is 14.6 Å². The van der Waals surface area contributed by atoms with Gasteiger partial charge in [0.15, 0.2) is 0 Å². The number of fused-ring (bicyclic) bond motifs is 1. The van der Waals surface area contributed by atoms with Crippen LogP contribution in [0.4, 0.5) is 0 Å². The van der Waals surface area contributed by atoms with Crippen LogP contribution in [0.2, 0.25) is 0 Å². The molecule has 0 unspecified atom stereocenters. The SMILES string of the molecule is COC(=O)c1ccccc1-c1cc(C(=O)OC)c2cccc(C)c2n1. The number of hydrogen-bond donors (Lipinski definition) is 0. The van der Waals surface area contributed by atoms with E-state index in [0.717, 1.165) is 5.56 Å². The molecule has 0 saturated heterocycles. The van der Waals surface area contributed by atoms with Gasteiger partial charge >= 0.3 is 11.9 Å². The predicted molar refractivity (Wildman–Crippen MR) is 94.6 cm³/mol. The maximum Gasteiger partial charge on any atom is 0.338 e. The van der Waals surface area contributed by atoms with Gasteiger partial charge in [-0.1, -0.05) is 36.4 Å². The second-order valence-corrected chi connectivity index (χ2v) is 5.55. The Bertz CT molecular complexity index is 979. The Morgan fingerprint density at radius 3 is 2.28 bits per heavy atom. The molecule has 25 heavy (non-hydrogen) atoms. The molecule has 0 amide bonds. The molecule has 5 heteroatoms. The number of para-hydroxylation sites is 1. The molecule has 3 rings (SSSR count). The molecule has 1 aromatic heterocycles. The largest absolute Gasteiger partial charge is 0.465 e. The number of esters is 2. The van der Waals surface area contributed by atoms with Crippen molar-refractivity contribution in [2.45, 2.75) is 6.92 Å². The summed E-state index contributed by atoms with van der Waals surface area (Å²) in [5, 5.41) is 0.714. The molecule has 0 saturated carbocycles. The van der Waals surface area contributed by atoms with Crippen LogP contribution in [-0.4, -0.2) is 31.1 Å². The summed E-state index contributed by atoms with van der Waals surface area (Å²) in [4.78, 5) is 29.0. The van der Waals surface area contributed by atoms with Gasteiger partial charge in [-0.3, -0.25) is 0 Å². The average molecular weight is 335 g/mol. The van der Waals surface area contributed by atoms with E-state index in [4.69, 9.17) is 9.47 Å². The highest BCUT2D eigenvalue weighted by molar-refractivity contribution is 6.06. The summed E-state index contributed by atoms with van der Waals surface area (Å²) >= 11 is 0. The number of rotatable bonds is 3. The monoisotopic (exact) mass is 335 g/mol. The van der Waals surface area contributed by atoms with Crippen molar-refractivity contribution in [1.29, 1.82) is 0 Å². The molecule has 3 aromatic rings. The van der Waals surface area contributed by atoms with E-state index in [1.807, 2.05) is 31.2 Å². The summed E-state index contributed by atoms with van der Waals surface area (Å²) in [6.45, 7) is 1.92. The molecule has 0 bridgehead atoms. The van der Waals surface area contributed by atoms with Crippen molar-refractivity contribution >= 4 is 22.8 Å². The fourth-order valence-electron chi connectivity index (χ4n) is 2.80. The molecule has 0 aliphatic rings. The number of hydrogen-bond acceptors (Lipinski definition) is 5. The van der Waals surface area contributed by atoms with Crippen molar-refractivity contribution in [3.63, 3.8) is 0 Å². The van der Waals surface area contributed by atoms with Crippen molar-refractivity contribution in [2.24, 2.45) is 0 Å². The quantitative estimate of drug-likeness (QED) is 0.682. The number of methoxy groups -OCH3 is 2. The highest BCUT2D eigenvalue weighted by atomic mass is 16.5. The van der Waals surface area contributed by atoms with E-state index in [1.165, 1.54) is 14.2 Å². The van der Waals surface area contributed by atoms with Gasteiger partial charge in [-0.2, -0.15) is 0 Å². The lowest BCUT2D eigenvalue weighted by Crippen LogP contribution is -2.07. The fraction of sp³-hybridized carbons (Fsp3) is 0.150. The smallest absolute Gasteiger partial charge is 0.338 e. The predicted octanol–water partition coefficient (Wildman–Crippen LogP) is 3.78. The van der Waals surface area contributed by atoms with Crippen LogP contribution in [0.15, 0.2) is 48.5 Å². The van der Waals surface area contributed by atoms with Crippen LogP contribution in [0.1, 0.15) is 26.3 Å². The van der Waals surface area contributed by atoms with Crippen LogP contribution in [-0.2, 0) is 9.47 Å². The zero-order chi connectivity index (χ0) is 18.0. The fourth-order valence-corrected chi connectivity index (χ4v) is 2.80. The molecule has 0 fully saturated rings. The van der Waals surface area contributed by atoms with Crippen LogP contribution in [0.5, 0.6) is 0 Å². The molecule has 5 nitrogen and oxygen atoms in total. The molecule has 1 heterocycles. The van der Waals surface area contributed by atoms with Crippen LogP contribution in [0, 0.1) is 6.92 Å². The van der Waals surface area contributed by atoms with E-state index in [9.17, 15) is 9.59 Å². The normalized spacial score (nSPS) is 10.5. The Morgan fingerprint density at radius 2 is 1.56 bits per heavy atom. The number of aromatic nitrogens is 1. The first-order valence-electron chi connectivity index (χ1n) is 7.73. The van der Waals surface area contributed by atoms with Crippen LogP contribution < -0.4 is 0 Å². The van der Waals surface area contributed by atoms with Crippen molar-refractivity contribution in [1.82, 2.24) is 4.98 Å². The van der Waals surface area contributed by atoms with Gasteiger partial charge in [0.2, 0.25) is 0 Å². The Hall–Kier alpha value is -3.21. The lowest BCUT2D eigenvalue weighted by Gasteiger charge is -2.12. The molecule has 0 N–H and O–H groups in total. The van der Waals surface area contributed by atoms with Crippen molar-refractivity contribution in [2.75, 3.05) is 14.2 Å². The van der Waals surface area contributed by atoms with Crippen LogP contribution in [0.25, 0.3) is 22.2 Å². The number of ether oxygens (including phenoxy) is 2. The second kappa shape index (κ2) is 6.73. The molecule has 2 aromatic carbocycles. The van der Waals surface area contributed by atoms with Crippen molar-refractivity contribution in [3.05, 3.63) is 65.2 Å². The van der Waals surface area contributed by atoms with E-state index in [1.54, 1.807) is 24.3 Å². The van der Waals surface area contributed by atoms with Crippen molar-refractivity contribution in [3.8, 4) is 11.3 Å². The maximum atomic E-state index is 12.3. The standard InChI is InChI=1S/C20H17NO4/c1-12-7-6-10-14-16(20(23)25-3)11-17(21-18(12)14)13-8-4-5-9-15(13)19(22)24-2/h4-11H,1-3H3. The minimum atomic E-state index is -0.457. The summed E-state index contributed by atoms with van der Waals surface area (Å²) in [6.07, 6.45) is 0. The zero-order valence-corrected chi connectivity index (χ0v) is 14.2. The molecular formula is C20H17NO4. The van der Waals surface area contributed by atoms with Gasteiger partial charge in [0.25, 0.3) is 0 Å². The minimum Gasteiger partial charge on any atom is -0.465 e. The third-order valence-corrected chi connectivity index (χ3v) is 4.05. The highest BCUT2D eigenvalue weighted by Crippen LogP contribution is 2.29. The Morgan fingerprint density at radius 1 is 0.880 bits per heavy atom. The van der Waals surface area contributed by atoms with E-state index in [0.29, 0.717) is 33.3 Å². The summed E-state index contributed by atoms with van der Waals surface area (Å²) in [6, 6.07) is 14.3.